The number of hydrogen-bond donors (Lipinski definition) is 1. The molecule has 0 bridgehead atoms. The predicted octanol–water partition coefficient (Wildman–Crippen LogP) is 0.631. The molecule has 1 spiro atoms. The lowest BCUT2D eigenvalue weighted by Gasteiger charge is -2.36. The smallest absolute Gasteiger partial charge is 0.168 e. The molecule has 1 aliphatic heterocycles. The second-order valence-electron chi connectivity index (χ2n) is 3.50. The zero-order valence-corrected chi connectivity index (χ0v) is 6.71. The highest BCUT2D eigenvalue weighted by atomic mass is 16.7. The molecule has 1 saturated carbocycles. The minimum atomic E-state index is -0.226. The van der Waals surface area contributed by atoms with Crippen LogP contribution in [0.25, 0.3) is 0 Å². The Kier molecular flexibility index (Phi) is 1.87. The van der Waals surface area contributed by atoms with Crippen molar-refractivity contribution in [1.82, 2.24) is 0 Å². The maximum atomic E-state index is 5.64. The molecule has 1 saturated heterocycles. The van der Waals surface area contributed by atoms with Gasteiger partial charge in [-0.1, -0.05) is 0 Å². The molecule has 0 unspecified atom stereocenters. The summed E-state index contributed by atoms with van der Waals surface area (Å²) in [5, 5.41) is 0. The van der Waals surface area contributed by atoms with Crippen LogP contribution < -0.4 is 5.73 Å². The van der Waals surface area contributed by atoms with Crippen molar-refractivity contribution in [2.45, 2.75) is 37.5 Å². The van der Waals surface area contributed by atoms with Gasteiger partial charge in [0.2, 0.25) is 0 Å². The van der Waals surface area contributed by atoms with Gasteiger partial charge >= 0.3 is 0 Å². The summed E-state index contributed by atoms with van der Waals surface area (Å²) >= 11 is 0. The second-order valence-corrected chi connectivity index (χ2v) is 3.50. The molecule has 0 atom stereocenters. The van der Waals surface area contributed by atoms with Crippen LogP contribution >= 0.6 is 0 Å². The van der Waals surface area contributed by atoms with E-state index in [0.29, 0.717) is 13.2 Å². The molecule has 11 heavy (non-hydrogen) atoms. The summed E-state index contributed by atoms with van der Waals surface area (Å²) < 4.78 is 11.2. The highest BCUT2D eigenvalue weighted by Crippen LogP contribution is 2.36. The van der Waals surface area contributed by atoms with E-state index < -0.39 is 0 Å². The van der Waals surface area contributed by atoms with Gasteiger partial charge in [0, 0.05) is 12.8 Å². The molecule has 0 aromatic rings. The van der Waals surface area contributed by atoms with Gasteiger partial charge in [0.15, 0.2) is 5.79 Å². The molecular weight excluding hydrogens is 142 g/mol. The summed E-state index contributed by atoms with van der Waals surface area (Å²) in [6, 6.07) is 0.0845. The summed E-state index contributed by atoms with van der Waals surface area (Å²) in [5.41, 5.74) is 5.64. The maximum Gasteiger partial charge on any atom is 0.168 e. The Morgan fingerprint density at radius 2 is 1.64 bits per heavy atom. The monoisotopic (exact) mass is 157 g/mol. The summed E-state index contributed by atoms with van der Waals surface area (Å²) in [7, 11) is 0. The van der Waals surface area contributed by atoms with E-state index in [4.69, 9.17) is 15.2 Å². The quantitative estimate of drug-likeness (QED) is 0.561. The van der Waals surface area contributed by atoms with E-state index >= 15 is 0 Å². The minimum absolute atomic E-state index is 0.0845. The van der Waals surface area contributed by atoms with E-state index in [1.54, 1.807) is 0 Å². The van der Waals surface area contributed by atoms with E-state index in [0.717, 1.165) is 12.8 Å². The molecule has 0 amide bonds. The molecule has 2 fully saturated rings. The average Bonchev–Trinajstić information content (AvgIpc) is 2.45. The fourth-order valence-electron chi connectivity index (χ4n) is 1.81. The van der Waals surface area contributed by atoms with Crippen molar-refractivity contribution in [3.63, 3.8) is 0 Å². The van der Waals surface area contributed by atoms with E-state index in [2.05, 4.69) is 0 Å². The third-order valence-electron chi connectivity index (χ3n) is 2.49. The van der Waals surface area contributed by atoms with Crippen molar-refractivity contribution >= 4 is 0 Å². The Balaban J connectivity index is 1.94. The summed E-state index contributed by atoms with van der Waals surface area (Å²) in [6.07, 6.45) is 4.57. The van der Waals surface area contributed by atoms with Crippen molar-refractivity contribution in [2.75, 3.05) is 13.2 Å². The van der Waals surface area contributed by atoms with Gasteiger partial charge in [0.05, 0.1) is 19.3 Å². The summed E-state index contributed by atoms with van der Waals surface area (Å²) in [5.74, 6) is -0.226. The van der Waals surface area contributed by atoms with Crippen LogP contribution in [0.5, 0.6) is 0 Å². The largest absolute Gasteiger partial charge is 0.348 e. The number of nitrogens with two attached hydrogens (primary N) is 1. The van der Waals surface area contributed by atoms with Gasteiger partial charge in [-0.3, -0.25) is 0 Å². The first-order valence-electron chi connectivity index (χ1n) is 4.34. The molecule has 2 N–H and O–H groups in total. The van der Waals surface area contributed by atoms with Gasteiger partial charge in [-0.15, -0.1) is 0 Å². The van der Waals surface area contributed by atoms with Crippen LogP contribution in [0.15, 0.2) is 0 Å². The molecular formula is C8H15NO2. The third kappa shape index (κ3) is 1.41. The Labute approximate surface area is 66.8 Å². The summed E-state index contributed by atoms with van der Waals surface area (Å²) in [4.78, 5) is 0. The van der Waals surface area contributed by atoms with Crippen LogP contribution in [0.2, 0.25) is 0 Å². The van der Waals surface area contributed by atoms with Gasteiger partial charge in [0.25, 0.3) is 0 Å². The van der Waals surface area contributed by atoms with Crippen LogP contribution in [0.1, 0.15) is 25.7 Å². The van der Waals surface area contributed by atoms with Crippen molar-refractivity contribution in [3.8, 4) is 0 Å². The third-order valence-corrected chi connectivity index (χ3v) is 2.49. The molecule has 2 rings (SSSR count). The lowest BCUT2D eigenvalue weighted by Crippen LogP contribution is -2.47. The van der Waals surface area contributed by atoms with Crippen LogP contribution in [-0.4, -0.2) is 25.0 Å². The Hall–Kier alpha value is -0.120. The standard InChI is InChI=1S/C8H15NO2/c9-7-5-10-8(11-6-7)3-1-2-4-8/h7H,1-6,9H2. The number of rotatable bonds is 0. The first kappa shape index (κ1) is 7.53. The number of hydrogen-bond acceptors (Lipinski definition) is 3. The molecule has 1 aliphatic carbocycles. The fourth-order valence-corrected chi connectivity index (χ4v) is 1.81. The normalized spacial score (nSPS) is 31.4. The van der Waals surface area contributed by atoms with Crippen LogP contribution in [0.3, 0.4) is 0 Å². The number of ether oxygens (including phenoxy) is 2. The van der Waals surface area contributed by atoms with Gasteiger partial charge in [-0.2, -0.15) is 0 Å². The molecule has 3 nitrogen and oxygen atoms in total. The van der Waals surface area contributed by atoms with Crippen LogP contribution in [-0.2, 0) is 9.47 Å². The molecule has 0 radical (unpaired) electrons. The van der Waals surface area contributed by atoms with E-state index in [9.17, 15) is 0 Å². The molecule has 2 aliphatic rings. The summed E-state index contributed by atoms with van der Waals surface area (Å²) in [6.45, 7) is 1.33. The Morgan fingerprint density at radius 1 is 1.09 bits per heavy atom. The first-order valence-corrected chi connectivity index (χ1v) is 4.34. The molecule has 0 aromatic heterocycles. The average molecular weight is 157 g/mol. The lowest BCUT2D eigenvalue weighted by molar-refractivity contribution is -0.266. The van der Waals surface area contributed by atoms with Gasteiger partial charge < -0.3 is 15.2 Å². The van der Waals surface area contributed by atoms with Crippen molar-refractivity contribution in [2.24, 2.45) is 5.73 Å². The zero-order valence-electron chi connectivity index (χ0n) is 6.71. The lowest BCUT2D eigenvalue weighted by atomic mass is 10.2. The Bertz CT molecular complexity index is 133. The van der Waals surface area contributed by atoms with E-state index in [-0.39, 0.29) is 11.8 Å². The van der Waals surface area contributed by atoms with E-state index in [1.807, 2.05) is 0 Å². The maximum absolute atomic E-state index is 5.64. The van der Waals surface area contributed by atoms with Crippen LogP contribution in [0.4, 0.5) is 0 Å². The van der Waals surface area contributed by atoms with Crippen LogP contribution in [0, 0.1) is 0 Å². The molecule has 3 heteroatoms. The molecule has 64 valence electrons. The molecule has 0 aromatic carbocycles. The van der Waals surface area contributed by atoms with Gasteiger partial charge in [-0.25, -0.2) is 0 Å². The second kappa shape index (κ2) is 2.73. The zero-order chi connectivity index (χ0) is 7.73. The predicted molar refractivity (Wildman–Crippen MR) is 41.1 cm³/mol. The SMILES string of the molecule is NC1COC2(CCCC2)OC1. The highest BCUT2D eigenvalue weighted by molar-refractivity contribution is 4.81. The van der Waals surface area contributed by atoms with E-state index in [1.165, 1.54) is 12.8 Å². The van der Waals surface area contributed by atoms with Gasteiger partial charge in [0.1, 0.15) is 0 Å². The minimum Gasteiger partial charge on any atom is -0.348 e. The topological polar surface area (TPSA) is 44.5 Å². The first-order chi connectivity index (χ1) is 5.31. The van der Waals surface area contributed by atoms with Crippen molar-refractivity contribution < 1.29 is 9.47 Å². The van der Waals surface area contributed by atoms with Gasteiger partial charge in [-0.05, 0) is 12.8 Å². The highest BCUT2D eigenvalue weighted by Gasteiger charge is 2.39. The molecule has 1 heterocycles. The fraction of sp³-hybridized carbons (Fsp3) is 1.00. The van der Waals surface area contributed by atoms with Crippen molar-refractivity contribution in [1.29, 1.82) is 0 Å². The van der Waals surface area contributed by atoms with Crippen molar-refractivity contribution in [3.05, 3.63) is 0 Å². The Morgan fingerprint density at radius 3 is 2.18 bits per heavy atom.